The van der Waals surface area contributed by atoms with Gasteiger partial charge >= 0.3 is 0 Å². The molecule has 1 amide bonds. The maximum atomic E-state index is 12.2. The SMILES string of the molecule is O=C(NCCc1ccc(Cl)cc1Cl)c1cnc(Nc2ccccc2)cn1. The van der Waals surface area contributed by atoms with Crippen molar-refractivity contribution in [2.75, 3.05) is 11.9 Å². The number of halogens is 2. The fourth-order valence-electron chi connectivity index (χ4n) is 2.30. The molecule has 132 valence electrons. The molecule has 3 aromatic rings. The summed E-state index contributed by atoms with van der Waals surface area (Å²) in [5.74, 6) is 0.287. The molecule has 3 rings (SSSR count). The summed E-state index contributed by atoms with van der Waals surface area (Å²) in [6.07, 6.45) is 3.57. The van der Waals surface area contributed by atoms with E-state index in [-0.39, 0.29) is 11.6 Å². The third kappa shape index (κ3) is 4.94. The molecule has 1 heterocycles. The van der Waals surface area contributed by atoms with Gasteiger partial charge < -0.3 is 10.6 Å². The third-order valence-electron chi connectivity index (χ3n) is 3.63. The smallest absolute Gasteiger partial charge is 0.271 e. The first kappa shape index (κ1) is 18.2. The number of benzene rings is 2. The Hall–Kier alpha value is -2.63. The maximum Gasteiger partial charge on any atom is 0.271 e. The highest BCUT2D eigenvalue weighted by atomic mass is 35.5. The summed E-state index contributed by atoms with van der Waals surface area (Å²) in [6, 6.07) is 14.9. The van der Waals surface area contributed by atoms with E-state index in [0.717, 1.165) is 11.3 Å². The normalized spacial score (nSPS) is 10.4. The Bertz CT molecular complexity index is 886. The Labute approximate surface area is 161 Å². The summed E-state index contributed by atoms with van der Waals surface area (Å²) in [5.41, 5.74) is 2.08. The average Bonchev–Trinajstić information content (AvgIpc) is 2.65. The molecule has 5 nitrogen and oxygen atoms in total. The van der Waals surface area contributed by atoms with Crippen molar-refractivity contribution in [1.82, 2.24) is 15.3 Å². The molecule has 2 aromatic carbocycles. The second-order valence-electron chi connectivity index (χ2n) is 5.52. The lowest BCUT2D eigenvalue weighted by molar-refractivity contribution is 0.0949. The second-order valence-corrected chi connectivity index (χ2v) is 6.36. The van der Waals surface area contributed by atoms with E-state index < -0.39 is 0 Å². The Morgan fingerprint density at radius 3 is 2.50 bits per heavy atom. The zero-order chi connectivity index (χ0) is 18.4. The number of carbonyl (C=O) groups is 1. The third-order valence-corrected chi connectivity index (χ3v) is 4.21. The van der Waals surface area contributed by atoms with E-state index in [4.69, 9.17) is 23.2 Å². The summed E-state index contributed by atoms with van der Waals surface area (Å²) in [4.78, 5) is 20.5. The summed E-state index contributed by atoms with van der Waals surface area (Å²) >= 11 is 12.0. The van der Waals surface area contributed by atoms with Crippen molar-refractivity contribution >= 4 is 40.6 Å². The van der Waals surface area contributed by atoms with Crippen molar-refractivity contribution in [2.24, 2.45) is 0 Å². The summed E-state index contributed by atoms with van der Waals surface area (Å²) in [5, 5.41) is 7.09. The van der Waals surface area contributed by atoms with Gasteiger partial charge in [0.05, 0.1) is 12.4 Å². The quantitative estimate of drug-likeness (QED) is 0.654. The molecule has 0 spiro atoms. The second kappa shape index (κ2) is 8.65. The van der Waals surface area contributed by atoms with Crippen molar-refractivity contribution in [1.29, 1.82) is 0 Å². The highest BCUT2D eigenvalue weighted by Gasteiger charge is 2.08. The van der Waals surface area contributed by atoms with E-state index in [2.05, 4.69) is 20.6 Å². The van der Waals surface area contributed by atoms with Crippen LogP contribution >= 0.6 is 23.2 Å². The topological polar surface area (TPSA) is 66.9 Å². The largest absolute Gasteiger partial charge is 0.350 e. The summed E-state index contributed by atoms with van der Waals surface area (Å²) < 4.78 is 0. The first-order valence-corrected chi connectivity index (χ1v) is 8.73. The van der Waals surface area contributed by atoms with Gasteiger partial charge in [-0.05, 0) is 36.2 Å². The molecule has 0 aliphatic rings. The van der Waals surface area contributed by atoms with Gasteiger partial charge in [0.2, 0.25) is 0 Å². The van der Waals surface area contributed by atoms with Gasteiger partial charge in [0, 0.05) is 22.3 Å². The van der Waals surface area contributed by atoms with Crippen molar-refractivity contribution in [2.45, 2.75) is 6.42 Å². The monoisotopic (exact) mass is 386 g/mol. The number of amides is 1. The predicted octanol–water partition coefficient (Wildman–Crippen LogP) is 4.50. The van der Waals surface area contributed by atoms with Gasteiger partial charge in [0.1, 0.15) is 11.5 Å². The molecular weight excluding hydrogens is 371 g/mol. The van der Waals surface area contributed by atoms with Crippen LogP contribution in [0.5, 0.6) is 0 Å². The van der Waals surface area contributed by atoms with Crippen LogP contribution in [-0.2, 0) is 6.42 Å². The first-order chi connectivity index (χ1) is 12.6. The molecule has 0 aliphatic heterocycles. The molecule has 0 fully saturated rings. The molecule has 26 heavy (non-hydrogen) atoms. The van der Waals surface area contributed by atoms with Gasteiger partial charge in [0.15, 0.2) is 0 Å². The van der Waals surface area contributed by atoms with Crippen molar-refractivity contribution < 1.29 is 4.79 Å². The highest BCUT2D eigenvalue weighted by molar-refractivity contribution is 6.35. The molecule has 0 radical (unpaired) electrons. The van der Waals surface area contributed by atoms with Gasteiger partial charge in [-0.1, -0.05) is 47.5 Å². The molecule has 0 saturated heterocycles. The minimum absolute atomic E-state index is 0.255. The lowest BCUT2D eigenvalue weighted by Crippen LogP contribution is -2.26. The van der Waals surface area contributed by atoms with Crippen molar-refractivity contribution in [3.8, 4) is 0 Å². The molecular formula is C19H16Cl2N4O. The number of carbonyl (C=O) groups excluding carboxylic acids is 1. The number of rotatable bonds is 6. The van der Waals surface area contributed by atoms with Crippen LogP contribution in [0, 0.1) is 0 Å². The molecule has 1 aromatic heterocycles. The van der Waals surface area contributed by atoms with E-state index in [1.54, 1.807) is 12.1 Å². The predicted molar refractivity (Wildman–Crippen MR) is 104 cm³/mol. The zero-order valence-electron chi connectivity index (χ0n) is 13.7. The number of anilines is 2. The van der Waals surface area contributed by atoms with Crippen LogP contribution < -0.4 is 10.6 Å². The zero-order valence-corrected chi connectivity index (χ0v) is 15.3. The molecule has 0 atom stereocenters. The molecule has 7 heteroatoms. The Morgan fingerprint density at radius 2 is 1.81 bits per heavy atom. The Kier molecular flexibility index (Phi) is 6.04. The minimum Gasteiger partial charge on any atom is -0.350 e. The lowest BCUT2D eigenvalue weighted by Gasteiger charge is -2.08. The van der Waals surface area contributed by atoms with Crippen LogP contribution in [0.2, 0.25) is 10.0 Å². The number of hydrogen-bond donors (Lipinski definition) is 2. The van der Waals surface area contributed by atoms with E-state index >= 15 is 0 Å². The van der Waals surface area contributed by atoms with Crippen LogP contribution in [0.1, 0.15) is 16.1 Å². The number of nitrogens with one attached hydrogen (secondary N) is 2. The van der Waals surface area contributed by atoms with Gasteiger partial charge in [-0.3, -0.25) is 4.79 Å². The van der Waals surface area contributed by atoms with Gasteiger partial charge in [-0.2, -0.15) is 0 Å². The summed E-state index contributed by atoms with van der Waals surface area (Å²) in [6.45, 7) is 0.436. The van der Waals surface area contributed by atoms with Gasteiger partial charge in [0.25, 0.3) is 5.91 Å². The number of nitrogens with zero attached hydrogens (tertiary/aromatic N) is 2. The van der Waals surface area contributed by atoms with Crippen LogP contribution in [0.4, 0.5) is 11.5 Å². The van der Waals surface area contributed by atoms with E-state index in [1.807, 2.05) is 36.4 Å². The molecule has 2 N–H and O–H groups in total. The molecule has 0 bridgehead atoms. The number of hydrogen-bond acceptors (Lipinski definition) is 4. The maximum absolute atomic E-state index is 12.2. The number of aromatic nitrogens is 2. The lowest BCUT2D eigenvalue weighted by atomic mass is 10.1. The highest BCUT2D eigenvalue weighted by Crippen LogP contribution is 2.21. The molecule has 0 aliphatic carbocycles. The molecule has 0 unspecified atom stereocenters. The molecule has 0 saturated carbocycles. The summed E-state index contributed by atoms with van der Waals surface area (Å²) in [7, 11) is 0. The van der Waals surface area contributed by atoms with Crippen LogP contribution in [0.15, 0.2) is 60.9 Å². The fraction of sp³-hybridized carbons (Fsp3) is 0.105. The fourth-order valence-corrected chi connectivity index (χ4v) is 2.81. The van der Waals surface area contributed by atoms with E-state index in [1.165, 1.54) is 12.4 Å². The minimum atomic E-state index is -0.283. The van der Waals surface area contributed by atoms with E-state index in [0.29, 0.717) is 28.8 Å². The van der Waals surface area contributed by atoms with Gasteiger partial charge in [-0.15, -0.1) is 0 Å². The van der Waals surface area contributed by atoms with Crippen LogP contribution in [0.3, 0.4) is 0 Å². The Balaban J connectivity index is 1.53. The average molecular weight is 387 g/mol. The number of para-hydroxylation sites is 1. The van der Waals surface area contributed by atoms with Crippen molar-refractivity contribution in [3.63, 3.8) is 0 Å². The van der Waals surface area contributed by atoms with Crippen LogP contribution in [0.25, 0.3) is 0 Å². The van der Waals surface area contributed by atoms with E-state index in [9.17, 15) is 4.79 Å². The van der Waals surface area contributed by atoms with Gasteiger partial charge in [-0.25, -0.2) is 9.97 Å². The van der Waals surface area contributed by atoms with Crippen molar-refractivity contribution in [3.05, 3.63) is 82.2 Å². The standard InChI is InChI=1S/C19H16Cl2N4O/c20-14-7-6-13(16(21)10-14)8-9-22-19(26)17-11-24-18(12-23-17)25-15-4-2-1-3-5-15/h1-7,10-12H,8-9H2,(H,22,26)(H,24,25). The van der Waals surface area contributed by atoms with Crippen LogP contribution in [-0.4, -0.2) is 22.4 Å². The first-order valence-electron chi connectivity index (χ1n) is 7.98. The Morgan fingerprint density at radius 1 is 1.00 bits per heavy atom.